The maximum Gasteiger partial charge on any atom is 0.279 e. The molecular weight excluding hydrogens is 376 g/mol. The number of ether oxygens (including phenoxy) is 1. The van der Waals surface area contributed by atoms with Crippen molar-refractivity contribution in [1.29, 1.82) is 0 Å². The lowest BCUT2D eigenvalue weighted by Gasteiger charge is -2.04. The fraction of sp³-hybridized carbons (Fsp3) is 0.125. The maximum absolute atomic E-state index is 12.5. The van der Waals surface area contributed by atoms with Gasteiger partial charge < -0.3 is 4.74 Å². The monoisotopic (exact) mass is 388 g/mol. The maximum atomic E-state index is 12.5. The lowest BCUT2D eigenvalue weighted by atomic mass is 10.1. The number of anilines is 1. The molecule has 138 valence electrons. The molecule has 0 spiro atoms. The normalized spacial score (nSPS) is 10.6. The molecule has 1 aromatic heterocycles. The quantitative estimate of drug-likeness (QED) is 0.519. The number of methoxy groups -OCH3 is 1. The van der Waals surface area contributed by atoms with Crippen LogP contribution in [0.25, 0.3) is 10.2 Å². The third-order valence-electron chi connectivity index (χ3n) is 3.82. The molecule has 0 bridgehead atoms. The number of carbonyl (C=O) groups excluding carboxylic acids is 1. The number of rotatable bonds is 5. The minimum absolute atomic E-state index is 0.117. The molecule has 2 aromatic carbocycles. The number of nitro benzene ring substituents is 2. The number of carbonyl (C=O) groups is 1. The number of thiazole rings is 1. The second-order valence-corrected chi connectivity index (χ2v) is 6.49. The summed E-state index contributed by atoms with van der Waals surface area (Å²) in [5.74, 6) is -0.0963. The van der Waals surface area contributed by atoms with Crippen LogP contribution in [0.3, 0.4) is 0 Å². The first-order chi connectivity index (χ1) is 12.8. The molecule has 0 atom stereocenters. The summed E-state index contributed by atoms with van der Waals surface area (Å²) >= 11 is 1.18. The molecule has 0 saturated carbocycles. The van der Waals surface area contributed by atoms with Crippen molar-refractivity contribution in [3.8, 4) is 5.75 Å². The van der Waals surface area contributed by atoms with Crippen LogP contribution in [-0.4, -0.2) is 27.8 Å². The standard InChI is InChI=1S/C16H12N4O6S/c1-8-12(19(22)23)5-9(6-13(8)20(24)25)15(21)18-16-17-11-4-3-10(26-2)7-14(11)27-16/h3-7H,1-2H3,(H,17,18,21). The summed E-state index contributed by atoms with van der Waals surface area (Å²) < 4.78 is 5.90. The molecule has 1 amide bonds. The molecular formula is C16H12N4O6S. The van der Waals surface area contributed by atoms with Crippen molar-refractivity contribution in [3.63, 3.8) is 0 Å². The molecule has 1 N–H and O–H groups in total. The molecule has 3 rings (SSSR count). The zero-order valence-corrected chi connectivity index (χ0v) is 14.9. The third kappa shape index (κ3) is 3.53. The summed E-state index contributed by atoms with van der Waals surface area (Å²) in [4.78, 5) is 37.5. The van der Waals surface area contributed by atoms with Crippen molar-refractivity contribution >= 4 is 44.0 Å². The number of nitrogens with zero attached hydrogens (tertiary/aromatic N) is 3. The van der Waals surface area contributed by atoms with Crippen molar-refractivity contribution in [1.82, 2.24) is 4.98 Å². The molecule has 0 aliphatic heterocycles. The molecule has 0 radical (unpaired) electrons. The van der Waals surface area contributed by atoms with Crippen LogP contribution in [0.5, 0.6) is 5.75 Å². The Labute approximate surface area is 155 Å². The van der Waals surface area contributed by atoms with Gasteiger partial charge in [-0.25, -0.2) is 4.98 Å². The third-order valence-corrected chi connectivity index (χ3v) is 4.76. The van der Waals surface area contributed by atoms with Gasteiger partial charge in [0.15, 0.2) is 5.13 Å². The van der Waals surface area contributed by atoms with Gasteiger partial charge >= 0.3 is 0 Å². The average molecular weight is 388 g/mol. The Morgan fingerprint density at radius 2 is 1.78 bits per heavy atom. The van der Waals surface area contributed by atoms with Crippen LogP contribution in [-0.2, 0) is 0 Å². The number of fused-ring (bicyclic) bond motifs is 1. The summed E-state index contributed by atoms with van der Waals surface area (Å²) in [6.45, 7) is 1.26. The van der Waals surface area contributed by atoms with Gasteiger partial charge in [0.1, 0.15) is 11.3 Å². The van der Waals surface area contributed by atoms with Gasteiger partial charge in [-0.1, -0.05) is 11.3 Å². The highest BCUT2D eigenvalue weighted by molar-refractivity contribution is 7.22. The number of aromatic nitrogens is 1. The van der Waals surface area contributed by atoms with Crippen LogP contribution in [0.1, 0.15) is 15.9 Å². The molecule has 11 heteroatoms. The number of nitro groups is 2. The Kier molecular flexibility index (Phi) is 4.69. The van der Waals surface area contributed by atoms with Crippen LogP contribution >= 0.6 is 11.3 Å². The Morgan fingerprint density at radius 3 is 2.33 bits per heavy atom. The zero-order valence-electron chi connectivity index (χ0n) is 14.1. The predicted molar refractivity (Wildman–Crippen MR) is 98.6 cm³/mol. The minimum Gasteiger partial charge on any atom is -0.497 e. The SMILES string of the molecule is COc1ccc2nc(NC(=O)c3cc([N+](=O)[O-])c(C)c([N+](=O)[O-])c3)sc2c1. The number of benzene rings is 2. The van der Waals surface area contributed by atoms with Crippen molar-refractivity contribution in [3.05, 3.63) is 61.7 Å². The predicted octanol–water partition coefficient (Wildman–Crippen LogP) is 3.68. The van der Waals surface area contributed by atoms with Gasteiger partial charge in [-0.15, -0.1) is 0 Å². The van der Waals surface area contributed by atoms with Gasteiger partial charge in [0.25, 0.3) is 17.3 Å². The second kappa shape index (κ2) is 6.96. The van der Waals surface area contributed by atoms with Crippen LogP contribution < -0.4 is 10.1 Å². The van der Waals surface area contributed by atoms with Crippen molar-refractivity contribution in [2.75, 3.05) is 12.4 Å². The largest absolute Gasteiger partial charge is 0.497 e. The average Bonchev–Trinajstić information content (AvgIpc) is 3.02. The molecule has 27 heavy (non-hydrogen) atoms. The Hall–Kier alpha value is -3.60. The van der Waals surface area contributed by atoms with E-state index in [0.29, 0.717) is 11.3 Å². The van der Waals surface area contributed by atoms with E-state index in [1.807, 2.05) is 0 Å². The molecule has 1 heterocycles. The van der Waals surface area contributed by atoms with E-state index >= 15 is 0 Å². The first-order valence-electron chi connectivity index (χ1n) is 7.49. The first kappa shape index (κ1) is 18.2. The fourth-order valence-corrected chi connectivity index (χ4v) is 3.34. The summed E-state index contributed by atoms with van der Waals surface area (Å²) in [6, 6.07) is 7.22. The topological polar surface area (TPSA) is 138 Å². The number of hydrogen-bond donors (Lipinski definition) is 1. The van der Waals surface area contributed by atoms with Crippen LogP contribution in [0.4, 0.5) is 16.5 Å². The molecule has 0 fully saturated rings. The second-order valence-electron chi connectivity index (χ2n) is 5.46. The van der Waals surface area contributed by atoms with E-state index in [9.17, 15) is 25.0 Å². The molecule has 3 aromatic rings. The Bertz CT molecular complexity index is 1060. The van der Waals surface area contributed by atoms with Crippen LogP contribution in [0.2, 0.25) is 0 Å². The number of amides is 1. The summed E-state index contributed by atoms with van der Waals surface area (Å²) in [7, 11) is 1.53. The number of nitrogens with one attached hydrogen (secondary N) is 1. The van der Waals surface area contributed by atoms with E-state index in [1.165, 1.54) is 25.4 Å². The summed E-state index contributed by atoms with van der Waals surface area (Å²) in [6.07, 6.45) is 0. The Morgan fingerprint density at radius 1 is 1.15 bits per heavy atom. The first-order valence-corrected chi connectivity index (χ1v) is 8.31. The highest BCUT2D eigenvalue weighted by atomic mass is 32.1. The van der Waals surface area contributed by atoms with E-state index in [4.69, 9.17) is 4.74 Å². The zero-order chi connectivity index (χ0) is 19.7. The van der Waals surface area contributed by atoms with Gasteiger partial charge in [-0.2, -0.15) is 0 Å². The van der Waals surface area contributed by atoms with E-state index in [2.05, 4.69) is 10.3 Å². The molecule has 0 unspecified atom stereocenters. The van der Waals surface area contributed by atoms with Crippen LogP contribution in [0, 0.1) is 27.2 Å². The highest BCUT2D eigenvalue weighted by Crippen LogP contribution is 2.32. The molecule has 0 saturated heterocycles. The molecule has 0 aliphatic rings. The summed E-state index contributed by atoms with van der Waals surface area (Å²) in [5.41, 5.74) is -0.673. The highest BCUT2D eigenvalue weighted by Gasteiger charge is 2.25. The van der Waals surface area contributed by atoms with Crippen LogP contribution in [0.15, 0.2) is 30.3 Å². The molecule has 0 aliphatic carbocycles. The van der Waals surface area contributed by atoms with Gasteiger partial charge in [0, 0.05) is 12.1 Å². The molecule has 10 nitrogen and oxygen atoms in total. The van der Waals surface area contributed by atoms with Gasteiger partial charge in [0.05, 0.1) is 32.7 Å². The lowest BCUT2D eigenvalue weighted by molar-refractivity contribution is -0.395. The van der Waals surface area contributed by atoms with Gasteiger partial charge in [-0.3, -0.25) is 30.3 Å². The van der Waals surface area contributed by atoms with Crippen molar-refractivity contribution < 1.29 is 19.4 Å². The Balaban J connectivity index is 1.96. The van der Waals surface area contributed by atoms with Gasteiger partial charge in [0.2, 0.25) is 0 Å². The smallest absolute Gasteiger partial charge is 0.279 e. The van der Waals surface area contributed by atoms with E-state index in [1.54, 1.807) is 18.2 Å². The number of hydrogen-bond acceptors (Lipinski definition) is 8. The minimum atomic E-state index is -0.761. The van der Waals surface area contributed by atoms with Gasteiger partial charge in [-0.05, 0) is 25.1 Å². The van der Waals surface area contributed by atoms with Crippen molar-refractivity contribution in [2.45, 2.75) is 6.92 Å². The van der Waals surface area contributed by atoms with E-state index in [-0.39, 0.29) is 16.3 Å². The fourth-order valence-electron chi connectivity index (χ4n) is 2.45. The van der Waals surface area contributed by atoms with E-state index < -0.39 is 27.1 Å². The lowest BCUT2D eigenvalue weighted by Crippen LogP contribution is -2.13. The van der Waals surface area contributed by atoms with E-state index in [0.717, 1.165) is 16.8 Å². The summed E-state index contributed by atoms with van der Waals surface area (Å²) in [5, 5.41) is 25.1. The van der Waals surface area contributed by atoms with Crippen molar-refractivity contribution in [2.24, 2.45) is 0 Å².